The average Bonchev–Trinajstić information content (AvgIpc) is 3.10. The molecule has 4 atom stereocenters. The van der Waals surface area contributed by atoms with Crippen LogP contribution < -0.4 is 16.7 Å². The van der Waals surface area contributed by atoms with Crippen molar-refractivity contribution in [2.24, 2.45) is 0 Å². The first-order valence-corrected chi connectivity index (χ1v) is 7.78. The van der Waals surface area contributed by atoms with E-state index in [1.165, 1.54) is 6.07 Å². The molecule has 3 heterocycles. The molecule has 0 aliphatic carbocycles. The standard InChI is InChI=1S/C14H20F2N4O4/c15-14(16)11(21)9(7-18-6-8-2-1-5-23-8)24-12(14)20-4-3-10(17)19-13(20)22/h3-4,8-9,11-12,18,21H,1-2,5-7H2,(H2,17,19,22)/t8?,9-,11-,12-/m1/s1. The topological polar surface area (TPSA) is 112 Å². The van der Waals surface area contributed by atoms with Crippen LogP contribution in [0.4, 0.5) is 14.6 Å². The van der Waals surface area contributed by atoms with E-state index < -0.39 is 30.0 Å². The third kappa shape index (κ3) is 3.27. The molecule has 0 spiro atoms. The molecule has 0 radical (unpaired) electrons. The number of alkyl halides is 2. The van der Waals surface area contributed by atoms with Crippen LogP contribution in [0.5, 0.6) is 0 Å². The maximum absolute atomic E-state index is 14.3. The van der Waals surface area contributed by atoms with Gasteiger partial charge in [-0.2, -0.15) is 13.8 Å². The van der Waals surface area contributed by atoms with Crippen molar-refractivity contribution < 1.29 is 23.4 Å². The highest BCUT2D eigenvalue weighted by molar-refractivity contribution is 5.23. The summed E-state index contributed by atoms with van der Waals surface area (Å²) in [5.74, 6) is -3.70. The summed E-state index contributed by atoms with van der Waals surface area (Å²) >= 11 is 0. The van der Waals surface area contributed by atoms with Gasteiger partial charge in [-0.25, -0.2) is 4.79 Å². The van der Waals surface area contributed by atoms with Crippen molar-refractivity contribution in [2.75, 3.05) is 25.4 Å². The van der Waals surface area contributed by atoms with Crippen LogP contribution in [0.25, 0.3) is 0 Å². The molecule has 2 fully saturated rings. The Morgan fingerprint density at radius 1 is 1.50 bits per heavy atom. The van der Waals surface area contributed by atoms with Crippen LogP contribution in [0.3, 0.4) is 0 Å². The molecule has 1 unspecified atom stereocenters. The van der Waals surface area contributed by atoms with Crippen LogP contribution in [0.15, 0.2) is 17.1 Å². The Balaban J connectivity index is 1.67. The number of nitrogens with two attached hydrogens (primary N) is 1. The molecule has 10 heteroatoms. The minimum Gasteiger partial charge on any atom is -0.384 e. The van der Waals surface area contributed by atoms with Gasteiger partial charge in [0.1, 0.15) is 18.0 Å². The summed E-state index contributed by atoms with van der Waals surface area (Å²) < 4.78 is 39.9. The van der Waals surface area contributed by atoms with Crippen LogP contribution in [-0.4, -0.2) is 58.6 Å². The van der Waals surface area contributed by atoms with Crippen molar-refractivity contribution in [1.29, 1.82) is 0 Å². The van der Waals surface area contributed by atoms with Gasteiger partial charge >= 0.3 is 11.6 Å². The van der Waals surface area contributed by atoms with E-state index in [9.17, 15) is 18.7 Å². The average molecular weight is 346 g/mol. The molecule has 8 nitrogen and oxygen atoms in total. The van der Waals surface area contributed by atoms with E-state index in [0.29, 0.717) is 17.7 Å². The highest BCUT2D eigenvalue weighted by Gasteiger charge is 2.59. The highest BCUT2D eigenvalue weighted by Crippen LogP contribution is 2.41. The van der Waals surface area contributed by atoms with Crippen LogP contribution in [0.1, 0.15) is 19.1 Å². The van der Waals surface area contributed by atoms with Gasteiger partial charge in [0.2, 0.25) is 6.23 Å². The van der Waals surface area contributed by atoms with Gasteiger partial charge in [-0.05, 0) is 18.9 Å². The zero-order chi connectivity index (χ0) is 17.3. The van der Waals surface area contributed by atoms with Crippen molar-refractivity contribution in [3.05, 3.63) is 22.7 Å². The smallest absolute Gasteiger partial charge is 0.351 e. The number of hydrogen-bond donors (Lipinski definition) is 3. The number of nitrogens with zero attached hydrogens (tertiary/aromatic N) is 2. The predicted molar refractivity (Wildman–Crippen MR) is 79.6 cm³/mol. The fourth-order valence-electron chi connectivity index (χ4n) is 2.93. The molecule has 0 amide bonds. The Kier molecular flexibility index (Phi) is 4.81. The van der Waals surface area contributed by atoms with Crippen LogP contribution >= 0.6 is 0 Å². The van der Waals surface area contributed by atoms with E-state index in [0.717, 1.165) is 19.0 Å². The molecule has 24 heavy (non-hydrogen) atoms. The van der Waals surface area contributed by atoms with Gasteiger partial charge < -0.3 is 25.6 Å². The molecule has 2 aliphatic rings. The lowest BCUT2D eigenvalue weighted by Crippen LogP contribution is -2.43. The highest BCUT2D eigenvalue weighted by atomic mass is 19.3. The second-order valence-corrected chi connectivity index (χ2v) is 5.98. The third-order valence-electron chi connectivity index (χ3n) is 4.23. The zero-order valence-corrected chi connectivity index (χ0v) is 12.9. The number of hydrogen-bond acceptors (Lipinski definition) is 7. The summed E-state index contributed by atoms with van der Waals surface area (Å²) in [6.45, 7) is 1.21. The molecule has 0 aromatic carbocycles. The van der Waals surface area contributed by atoms with E-state index >= 15 is 0 Å². The zero-order valence-electron chi connectivity index (χ0n) is 12.9. The number of rotatable bonds is 5. The van der Waals surface area contributed by atoms with E-state index in [4.69, 9.17) is 15.2 Å². The lowest BCUT2D eigenvalue weighted by atomic mass is 10.1. The Morgan fingerprint density at radius 2 is 2.29 bits per heavy atom. The van der Waals surface area contributed by atoms with E-state index in [1.54, 1.807) is 0 Å². The number of nitrogen functional groups attached to an aromatic ring is 1. The predicted octanol–water partition coefficient (Wildman–Crippen LogP) is -0.512. The molecule has 0 bridgehead atoms. The number of anilines is 1. The quantitative estimate of drug-likeness (QED) is 0.658. The summed E-state index contributed by atoms with van der Waals surface area (Å²) in [5.41, 5.74) is 4.39. The molecule has 2 aliphatic heterocycles. The number of halogens is 2. The van der Waals surface area contributed by atoms with Crippen molar-refractivity contribution in [1.82, 2.24) is 14.9 Å². The van der Waals surface area contributed by atoms with E-state index in [1.807, 2.05) is 0 Å². The van der Waals surface area contributed by atoms with Crippen molar-refractivity contribution in [2.45, 2.75) is 43.3 Å². The van der Waals surface area contributed by atoms with Crippen LogP contribution in [0, 0.1) is 0 Å². The fraction of sp³-hybridized carbons (Fsp3) is 0.714. The van der Waals surface area contributed by atoms with Gasteiger partial charge in [-0.1, -0.05) is 0 Å². The third-order valence-corrected chi connectivity index (χ3v) is 4.23. The van der Waals surface area contributed by atoms with Crippen molar-refractivity contribution >= 4 is 5.82 Å². The monoisotopic (exact) mass is 346 g/mol. The maximum atomic E-state index is 14.3. The van der Waals surface area contributed by atoms with Gasteiger partial charge in [0.05, 0.1) is 6.10 Å². The Morgan fingerprint density at radius 3 is 2.96 bits per heavy atom. The van der Waals surface area contributed by atoms with Crippen molar-refractivity contribution in [3.8, 4) is 0 Å². The maximum Gasteiger partial charge on any atom is 0.351 e. The first-order valence-electron chi connectivity index (χ1n) is 7.78. The number of aliphatic hydroxyl groups excluding tert-OH is 1. The second-order valence-electron chi connectivity index (χ2n) is 5.98. The van der Waals surface area contributed by atoms with Gasteiger partial charge in [0.15, 0.2) is 0 Å². The first kappa shape index (κ1) is 17.2. The summed E-state index contributed by atoms with van der Waals surface area (Å²) in [6.07, 6.45) is -2.11. The summed E-state index contributed by atoms with van der Waals surface area (Å²) in [7, 11) is 0. The molecular weight excluding hydrogens is 326 g/mol. The largest absolute Gasteiger partial charge is 0.384 e. The molecule has 4 N–H and O–H groups in total. The molecule has 2 saturated heterocycles. The minimum absolute atomic E-state index is 0.0181. The van der Waals surface area contributed by atoms with Crippen molar-refractivity contribution in [3.63, 3.8) is 0 Å². The minimum atomic E-state index is -3.63. The number of aromatic nitrogens is 2. The molecule has 1 aromatic rings. The lowest BCUT2D eigenvalue weighted by molar-refractivity contribution is -0.140. The summed E-state index contributed by atoms with van der Waals surface area (Å²) in [4.78, 5) is 15.2. The van der Waals surface area contributed by atoms with E-state index in [-0.39, 0.29) is 18.5 Å². The van der Waals surface area contributed by atoms with E-state index in [2.05, 4.69) is 10.3 Å². The molecule has 3 rings (SSSR count). The molecule has 0 saturated carbocycles. The number of ether oxygens (including phenoxy) is 2. The Bertz CT molecular complexity index is 635. The second kappa shape index (κ2) is 6.71. The molecule has 1 aromatic heterocycles. The number of aliphatic hydroxyl groups is 1. The van der Waals surface area contributed by atoms with Crippen LogP contribution in [-0.2, 0) is 9.47 Å². The van der Waals surface area contributed by atoms with Gasteiger partial charge in [0, 0.05) is 25.9 Å². The van der Waals surface area contributed by atoms with Gasteiger partial charge in [0.25, 0.3) is 0 Å². The van der Waals surface area contributed by atoms with Crippen LogP contribution in [0.2, 0.25) is 0 Å². The summed E-state index contributed by atoms with van der Waals surface area (Å²) in [5, 5.41) is 12.8. The van der Waals surface area contributed by atoms with Gasteiger partial charge in [-0.15, -0.1) is 0 Å². The Labute approximate surface area is 136 Å². The Hall–Kier alpha value is -1.62. The molecular formula is C14H20F2N4O4. The summed E-state index contributed by atoms with van der Waals surface area (Å²) in [6, 6.07) is 1.22. The van der Waals surface area contributed by atoms with Gasteiger partial charge in [-0.3, -0.25) is 4.57 Å². The SMILES string of the molecule is Nc1ccn([C@@H]2O[C@H](CNCC3CCCO3)[C@@H](O)C2(F)F)c(=O)n1. The molecule has 134 valence electrons. The normalized spacial score (nSPS) is 32.3. The first-order chi connectivity index (χ1) is 11.4. The number of nitrogens with one attached hydrogen (secondary N) is 1. The fourth-order valence-corrected chi connectivity index (χ4v) is 2.93. The lowest BCUT2D eigenvalue weighted by Gasteiger charge is -2.20.